The summed E-state index contributed by atoms with van der Waals surface area (Å²) in [5, 5.41) is 17.5. The Balaban J connectivity index is 1.42. The van der Waals surface area contributed by atoms with Gasteiger partial charge in [0, 0.05) is 25.6 Å². The van der Waals surface area contributed by atoms with Gasteiger partial charge in [0.15, 0.2) is 0 Å². The third-order valence-electron chi connectivity index (χ3n) is 6.99. The highest BCUT2D eigenvalue weighted by Crippen LogP contribution is 2.31. The summed E-state index contributed by atoms with van der Waals surface area (Å²) in [6, 6.07) is 20.5. The van der Waals surface area contributed by atoms with Crippen LogP contribution in [-0.4, -0.2) is 29.7 Å². The number of carbonyl (C=O) groups excluding carboxylic acids is 1. The Labute approximate surface area is 219 Å². The zero-order chi connectivity index (χ0) is 26.2. The van der Waals surface area contributed by atoms with E-state index in [0.29, 0.717) is 24.5 Å². The lowest BCUT2D eigenvalue weighted by atomic mass is 9.86. The van der Waals surface area contributed by atoms with Crippen molar-refractivity contribution in [2.45, 2.75) is 70.7 Å². The number of hydrogen-bond acceptors (Lipinski definition) is 4. The van der Waals surface area contributed by atoms with Crippen LogP contribution in [0.5, 0.6) is 5.75 Å². The number of nitrogens with one attached hydrogen (secondary N) is 2. The highest BCUT2D eigenvalue weighted by molar-refractivity contribution is 5.73. The molecule has 0 saturated carbocycles. The molecule has 0 fully saturated rings. The van der Waals surface area contributed by atoms with E-state index in [0.717, 1.165) is 31.2 Å². The van der Waals surface area contributed by atoms with Crippen molar-refractivity contribution < 1.29 is 19.0 Å². The summed E-state index contributed by atoms with van der Waals surface area (Å²) in [5.41, 5.74) is 5.61. The molecule has 0 aliphatic heterocycles. The largest absolute Gasteiger partial charge is 0.489 e. The zero-order valence-electron chi connectivity index (χ0n) is 21.7. The van der Waals surface area contributed by atoms with Crippen LogP contribution in [0.4, 0.5) is 4.39 Å². The van der Waals surface area contributed by atoms with Crippen molar-refractivity contribution >= 4 is 5.91 Å². The van der Waals surface area contributed by atoms with Crippen molar-refractivity contribution in [2.24, 2.45) is 0 Å². The summed E-state index contributed by atoms with van der Waals surface area (Å²) in [5.74, 6) is -0.240. The summed E-state index contributed by atoms with van der Waals surface area (Å²) in [6.45, 7) is 4.22. The molecule has 5 nitrogen and oxygen atoms in total. The minimum absolute atomic E-state index is 0.162. The van der Waals surface area contributed by atoms with E-state index in [1.165, 1.54) is 35.7 Å². The second-order valence-corrected chi connectivity index (χ2v) is 9.89. The van der Waals surface area contributed by atoms with Gasteiger partial charge >= 0.3 is 0 Å². The summed E-state index contributed by atoms with van der Waals surface area (Å²) >= 11 is 0. The molecule has 0 heterocycles. The van der Waals surface area contributed by atoms with Crippen molar-refractivity contribution in [1.82, 2.24) is 10.6 Å². The number of aliphatic hydroxyl groups is 1. The van der Waals surface area contributed by atoms with Crippen LogP contribution in [0, 0.1) is 5.82 Å². The van der Waals surface area contributed by atoms with Crippen LogP contribution in [0.2, 0.25) is 0 Å². The van der Waals surface area contributed by atoms with Crippen LogP contribution in [0.1, 0.15) is 60.5 Å². The third-order valence-corrected chi connectivity index (χ3v) is 6.99. The van der Waals surface area contributed by atoms with E-state index in [9.17, 15) is 14.3 Å². The van der Waals surface area contributed by atoms with Gasteiger partial charge in [0.1, 0.15) is 18.2 Å². The molecule has 0 spiro atoms. The molecule has 0 bridgehead atoms. The van der Waals surface area contributed by atoms with Crippen LogP contribution >= 0.6 is 0 Å². The Morgan fingerprint density at radius 2 is 1.89 bits per heavy atom. The number of aryl methyl sites for hydroxylation is 2. The number of rotatable bonds is 11. The van der Waals surface area contributed by atoms with E-state index in [-0.39, 0.29) is 18.4 Å². The number of amides is 1. The van der Waals surface area contributed by atoms with E-state index < -0.39 is 18.0 Å². The molecule has 37 heavy (non-hydrogen) atoms. The third kappa shape index (κ3) is 7.63. The molecular weight excluding hydrogens is 467 g/mol. The number of fused-ring (bicyclic) bond motifs is 1. The molecule has 0 radical (unpaired) electrons. The predicted octanol–water partition coefficient (Wildman–Crippen LogP) is 5.04. The van der Waals surface area contributed by atoms with Crippen molar-refractivity contribution in [2.75, 3.05) is 6.54 Å². The molecule has 1 aliphatic rings. The highest BCUT2D eigenvalue weighted by atomic mass is 19.1. The van der Waals surface area contributed by atoms with Gasteiger partial charge in [0.25, 0.3) is 0 Å². The molecule has 3 unspecified atom stereocenters. The number of hydrogen-bond donors (Lipinski definition) is 3. The molecule has 6 heteroatoms. The van der Waals surface area contributed by atoms with Gasteiger partial charge in [0.2, 0.25) is 5.91 Å². The van der Waals surface area contributed by atoms with Gasteiger partial charge in [-0.05, 0) is 72.1 Å². The van der Waals surface area contributed by atoms with E-state index in [4.69, 9.17) is 4.74 Å². The minimum Gasteiger partial charge on any atom is -0.489 e. The topological polar surface area (TPSA) is 70.6 Å². The fourth-order valence-corrected chi connectivity index (χ4v) is 5.05. The molecule has 1 amide bonds. The van der Waals surface area contributed by atoms with Gasteiger partial charge in [-0.15, -0.1) is 0 Å². The molecule has 4 rings (SSSR count). The summed E-state index contributed by atoms with van der Waals surface area (Å²) in [4.78, 5) is 11.9. The first kappa shape index (κ1) is 26.8. The van der Waals surface area contributed by atoms with Crippen LogP contribution in [0.25, 0.3) is 0 Å². The van der Waals surface area contributed by atoms with E-state index in [1.807, 2.05) is 30.3 Å². The fourth-order valence-electron chi connectivity index (χ4n) is 5.05. The fraction of sp³-hybridized carbons (Fsp3) is 0.387. The maximum atomic E-state index is 14.4. The quantitative estimate of drug-likeness (QED) is 0.342. The van der Waals surface area contributed by atoms with Gasteiger partial charge in [-0.1, -0.05) is 55.5 Å². The first-order chi connectivity index (χ1) is 17.9. The summed E-state index contributed by atoms with van der Waals surface area (Å²) < 4.78 is 20.2. The molecule has 196 valence electrons. The Morgan fingerprint density at radius 3 is 2.65 bits per heavy atom. The number of carbonyl (C=O) groups is 1. The normalized spacial score (nSPS) is 16.5. The Hall–Kier alpha value is -3.22. The molecule has 3 aromatic carbocycles. The SMILES string of the molecule is CCc1ccc2c(c1)C(NCC(O)C(Cc1cc(F)cc(OCc3ccccc3)c1)NC(C)=O)CCC2. The summed E-state index contributed by atoms with van der Waals surface area (Å²) in [7, 11) is 0. The molecule has 3 aromatic rings. The first-order valence-corrected chi connectivity index (χ1v) is 13.2. The number of halogens is 1. The maximum absolute atomic E-state index is 14.4. The van der Waals surface area contributed by atoms with Crippen LogP contribution in [0.3, 0.4) is 0 Å². The second-order valence-electron chi connectivity index (χ2n) is 9.89. The predicted molar refractivity (Wildman–Crippen MR) is 144 cm³/mol. The molecule has 3 atom stereocenters. The summed E-state index contributed by atoms with van der Waals surface area (Å²) in [6.07, 6.45) is 3.59. The lowest BCUT2D eigenvalue weighted by Gasteiger charge is -2.30. The van der Waals surface area contributed by atoms with Gasteiger partial charge in [0.05, 0.1) is 12.1 Å². The van der Waals surface area contributed by atoms with E-state index >= 15 is 0 Å². The Bertz CT molecular complexity index is 1180. The minimum atomic E-state index is -0.847. The van der Waals surface area contributed by atoms with Gasteiger partial charge in [-0.25, -0.2) is 4.39 Å². The van der Waals surface area contributed by atoms with Crippen molar-refractivity contribution in [1.29, 1.82) is 0 Å². The number of benzene rings is 3. The second kappa shape index (κ2) is 12.8. The van der Waals surface area contributed by atoms with E-state index in [1.54, 1.807) is 6.07 Å². The maximum Gasteiger partial charge on any atom is 0.217 e. The molecular formula is C31H37FN2O3. The van der Waals surface area contributed by atoms with Crippen LogP contribution < -0.4 is 15.4 Å². The van der Waals surface area contributed by atoms with Gasteiger partial charge < -0.3 is 20.5 Å². The first-order valence-electron chi connectivity index (χ1n) is 13.2. The lowest BCUT2D eigenvalue weighted by Crippen LogP contribution is -2.48. The number of aliphatic hydroxyl groups excluding tert-OH is 1. The van der Waals surface area contributed by atoms with Gasteiger partial charge in [-0.3, -0.25) is 4.79 Å². The molecule has 3 N–H and O–H groups in total. The molecule has 0 saturated heterocycles. The smallest absolute Gasteiger partial charge is 0.217 e. The molecule has 1 aliphatic carbocycles. The number of ether oxygens (including phenoxy) is 1. The average Bonchev–Trinajstić information content (AvgIpc) is 2.90. The van der Waals surface area contributed by atoms with E-state index in [2.05, 4.69) is 35.8 Å². The monoisotopic (exact) mass is 504 g/mol. The lowest BCUT2D eigenvalue weighted by molar-refractivity contribution is -0.120. The Kier molecular flexibility index (Phi) is 9.31. The van der Waals surface area contributed by atoms with Crippen LogP contribution in [0.15, 0.2) is 66.7 Å². The van der Waals surface area contributed by atoms with Crippen molar-refractivity contribution in [3.8, 4) is 5.75 Å². The zero-order valence-corrected chi connectivity index (χ0v) is 21.7. The molecule has 0 aromatic heterocycles. The van der Waals surface area contributed by atoms with Gasteiger partial charge in [-0.2, -0.15) is 0 Å². The van der Waals surface area contributed by atoms with Crippen molar-refractivity contribution in [3.05, 3.63) is 100 Å². The van der Waals surface area contributed by atoms with Crippen molar-refractivity contribution in [3.63, 3.8) is 0 Å². The highest BCUT2D eigenvalue weighted by Gasteiger charge is 2.25. The van der Waals surface area contributed by atoms with Crippen LogP contribution in [-0.2, 0) is 30.7 Å². The Morgan fingerprint density at radius 1 is 1.08 bits per heavy atom. The average molecular weight is 505 g/mol. The standard InChI is InChI=1S/C31H37FN2O3/c1-3-22-12-13-25-10-7-11-29(28(25)16-22)33-19-31(36)30(34-21(2)35)17-24-14-26(32)18-27(15-24)37-20-23-8-5-4-6-9-23/h4-6,8-9,12-16,18,29-31,33,36H,3,7,10-11,17,19-20H2,1-2H3,(H,34,35).